The minimum atomic E-state index is 0.944. The van der Waals surface area contributed by atoms with Crippen molar-refractivity contribution in [3.8, 4) is 0 Å². The standard InChI is InChI=1S/C19H13NOS2/c1-20-12-6-2-4-8-16(12)22-18-11-15-19(10-13(18)20)23-17-9-5-3-7-14(17)21-15/h2-11H,1H3. The molecule has 0 aliphatic rings. The maximum Gasteiger partial charge on any atom is 0.146 e. The fraction of sp³-hybridized carbons (Fsp3) is 0.0526. The van der Waals surface area contributed by atoms with Crippen LogP contribution < -0.4 is 0 Å². The lowest BCUT2D eigenvalue weighted by atomic mass is 10.3. The SMILES string of the molecule is Cn1c2ccccc2sc2cc3oc4ccccc4sc3cc21. The molecule has 0 spiro atoms. The van der Waals surface area contributed by atoms with E-state index in [1.807, 2.05) is 23.5 Å². The number of para-hydroxylation sites is 2. The number of hydrogen-bond acceptors (Lipinski definition) is 3. The molecule has 2 heterocycles. The molecule has 0 aliphatic carbocycles. The van der Waals surface area contributed by atoms with E-state index in [0.717, 1.165) is 11.2 Å². The van der Waals surface area contributed by atoms with Crippen LogP contribution in [0.25, 0.3) is 41.0 Å². The van der Waals surface area contributed by atoms with E-state index in [9.17, 15) is 0 Å². The van der Waals surface area contributed by atoms with Crippen molar-refractivity contribution in [1.82, 2.24) is 4.57 Å². The van der Waals surface area contributed by atoms with Gasteiger partial charge in [-0.3, -0.25) is 0 Å². The van der Waals surface area contributed by atoms with Crippen LogP contribution in [-0.4, -0.2) is 4.57 Å². The second-order valence-corrected chi connectivity index (χ2v) is 7.71. The molecule has 23 heavy (non-hydrogen) atoms. The minimum Gasteiger partial charge on any atom is -0.454 e. The molecule has 2 aromatic heterocycles. The molecular formula is C19H13NOS2. The van der Waals surface area contributed by atoms with Gasteiger partial charge < -0.3 is 8.98 Å². The summed E-state index contributed by atoms with van der Waals surface area (Å²) >= 11 is 3.59. The van der Waals surface area contributed by atoms with Gasteiger partial charge in [0, 0.05) is 13.1 Å². The monoisotopic (exact) mass is 335 g/mol. The van der Waals surface area contributed by atoms with Gasteiger partial charge in [0.1, 0.15) is 11.2 Å². The molecule has 0 aliphatic heterocycles. The normalized spacial score (nSPS) is 11.7. The minimum absolute atomic E-state index is 0.944. The van der Waals surface area contributed by atoms with Gasteiger partial charge >= 0.3 is 0 Å². The molecule has 0 N–H and O–H groups in total. The average molecular weight is 335 g/mol. The van der Waals surface area contributed by atoms with Gasteiger partial charge in [-0.15, -0.1) is 22.7 Å². The molecule has 0 saturated heterocycles. The predicted molar refractivity (Wildman–Crippen MR) is 101 cm³/mol. The van der Waals surface area contributed by atoms with Crippen LogP contribution in [0.4, 0.5) is 0 Å². The largest absolute Gasteiger partial charge is 0.454 e. The number of hydrogen-bond donors (Lipinski definition) is 0. The van der Waals surface area contributed by atoms with Gasteiger partial charge in [0.05, 0.1) is 29.8 Å². The first-order valence-electron chi connectivity index (χ1n) is 7.43. The molecule has 0 fully saturated rings. The summed E-state index contributed by atoms with van der Waals surface area (Å²) < 4.78 is 13.3. The van der Waals surface area contributed by atoms with Crippen LogP contribution in [0, 0.1) is 0 Å². The second-order valence-electron chi connectivity index (χ2n) is 5.55. The average Bonchev–Trinajstić information content (AvgIpc) is 2.59. The summed E-state index contributed by atoms with van der Waals surface area (Å²) in [5.41, 5.74) is 4.39. The summed E-state index contributed by atoms with van der Waals surface area (Å²) in [6.45, 7) is 0. The van der Waals surface area contributed by atoms with Crippen LogP contribution in [0.3, 0.4) is 0 Å². The zero-order valence-electron chi connectivity index (χ0n) is 12.4. The van der Waals surface area contributed by atoms with Crippen molar-refractivity contribution in [1.29, 1.82) is 0 Å². The van der Waals surface area contributed by atoms with Crippen molar-refractivity contribution in [3.63, 3.8) is 0 Å². The maximum atomic E-state index is 6.11. The summed E-state index contributed by atoms with van der Waals surface area (Å²) in [4.78, 5) is 0. The first kappa shape index (κ1) is 13.2. The first-order valence-corrected chi connectivity index (χ1v) is 9.06. The van der Waals surface area contributed by atoms with Crippen molar-refractivity contribution >= 4 is 63.7 Å². The van der Waals surface area contributed by atoms with Gasteiger partial charge in [0.25, 0.3) is 0 Å². The molecule has 2 nitrogen and oxygen atoms in total. The van der Waals surface area contributed by atoms with E-state index in [1.54, 1.807) is 11.3 Å². The Labute approximate surface area is 140 Å². The van der Waals surface area contributed by atoms with E-state index in [4.69, 9.17) is 4.42 Å². The zero-order chi connectivity index (χ0) is 15.4. The Morgan fingerprint density at radius 2 is 1.43 bits per heavy atom. The molecule has 0 saturated carbocycles. The van der Waals surface area contributed by atoms with Crippen LogP contribution in [0.1, 0.15) is 0 Å². The van der Waals surface area contributed by atoms with Crippen LogP contribution in [0.2, 0.25) is 0 Å². The van der Waals surface area contributed by atoms with Gasteiger partial charge in [-0.25, -0.2) is 0 Å². The Kier molecular flexibility index (Phi) is 2.77. The maximum absolute atomic E-state index is 6.11. The highest BCUT2D eigenvalue weighted by molar-refractivity contribution is 7.25. The molecule has 3 aromatic carbocycles. The fourth-order valence-electron chi connectivity index (χ4n) is 2.96. The molecule has 0 bridgehead atoms. The number of benzene rings is 3. The summed E-state index contributed by atoms with van der Waals surface area (Å²) in [7, 11) is 2.13. The lowest BCUT2D eigenvalue weighted by molar-refractivity contribution is 0.663. The van der Waals surface area contributed by atoms with E-state index in [1.165, 1.54) is 29.8 Å². The van der Waals surface area contributed by atoms with Gasteiger partial charge in [0.2, 0.25) is 0 Å². The third kappa shape index (κ3) is 1.99. The van der Waals surface area contributed by atoms with Crippen LogP contribution in [0.5, 0.6) is 0 Å². The van der Waals surface area contributed by atoms with Crippen LogP contribution in [0.15, 0.2) is 65.1 Å². The topological polar surface area (TPSA) is 18.1 Å². The lowest BCUT2D eigenvalue weighted by Crippen LogP contribution is -1.93. The van der Waals surface area contributed by atoms with Crippen molar-refractivity contribution in [2.45, 2.75) is 0 Å². The van der Waals surface area contributed by atoms with Gasteiger partial charge in [0.15, 0.2) is 0 Å². The molecule has 5 aromatic rings. The summed E-state index contributed by atoms with van der Waals surface area (Å²) in [5, 5.41) is 0. The summed E-state index contributed by atoms with van der Waals surface area (Å²) in [6, 6.07) is 21.1. The second kappa shape index (κ2) is 4.85. The number of aryl methyl sites for hydroxylation is 1. The molecule has 0 atom stereocenters. The summed E-state index contributed by atoms with van der Waals surface area (Å²) in [6.07, 6.45) is 0. The van der Waals surface area contributed by atoms with E-state index < -0.39 is 0 Å². The van der Waals surface area contributed by atoms with Crippen LogP contribution in [-0.2, 0) is 7.05 Å². The Morgan fingerprint density at radius 3 is 2.35 bits per heavy atom. The molecule has 0 unspecified atom stereocenters. The third-order valence-corrected chi connectivity index (χ3v) is 6.33. The number of rotatable bonds is 0. The van der Waals surface area contributed by atoms with Crippen molar-refractivity contribution in [3.05, 3.63) is 60.7 Å². The van der Waals surface area contributed by atoms with E-state index in [0.29, 0.717) is 0 Å². The molecule has 5 rings (SSSR count). The predicted octanol–water partition coefficient (Wildman–Crippen LogP) is 6.48. The molecule has 0 radical (unpaired) electrons. The smallest absolute Gasteiger partial charge is 0.146 e. The Balaban J connectivity index is 1.97. The first-order chi connectivity index (χ1) is 11.3. The lowest BCUT2D eigenvalue weighted by Gasteiger charge is -2.11. The number of aromatic nitrogens is 1. The van der Waals surface area contributed by atoms with Crippen molar-refractivity contribution in [2.24, 2.45) is 7.05 Å². The van der Waals surface area contributed by atoms with Crippen LogP contribution >= 0.6 is 22.7 Å². The third-order valence-electron chi connectivity index (χ3n) is 4.12. The molecule has 0 amide bonds. The van der Waals surface area contributed by atoms with Gasteiger partial charge in [-0.1, -0.05) is 24.3 Å². The molecule has 112 valence electrons. The highest BCUT2D eigenvalue weighted by atomic mass is 32.1. The highest BCUT2D eigenvalue weighted by Crippen LogP contribution is 2.35. The quantitative estimate of drug-likeness (QED) is 0.296. The van der Waals surface area contributed by atoms with E-state index >= 15 is 0 Å². The number of fused-ring (bicyclic) bond motifs is 4. The summed E-state index contributed by atoms with van der Waals surface area (Å²) in [5.74, 6) is 0. The van der Waals surface area contributed by atoms with Crippen molar-refractivity contribution < 1.29 is 4.42 Å². The highest BCUT2D eigenvalue weighted by Gasteiger charge is 2.08. The van der Waals surface area contributed by atoms with E-state index in [-0.39, 0.29) is 0 Å². The molecular weight excluding hydrogens is 322 g/mol. The molecule has 4 heteroatoms. The Morgan fingerprint density at radius 1 is 0.696 bits per heavy atom. The zero-order valence-corrected chi connectivity index (χ0v) is 14.1. The van der Waals surface area contributed by atoms with E-state index in [2.05, 4.69) is 60.1 Å². The fourth-order valence-corrected chi connectivity index (χ4v) is 5.08. The Bertz CT molecular complexity index is 1230. The Hall–Kier alpha value is -2.30. The number of nitrogens with zero attached hydrogens (tertiary/aromatic N) is 1. The van der Waals surface area contributed by atoms with Crippen molar-refractivity contribution in [2.75, 3.05) is 0 Å². The van der Waals surface area contributed by atoms with Gasteiger partial charge in [-0.05, 0) is 30.3 Å². The van der Waals surface area contributed by atoms with Gasteiger partial charge in [-0.2, -0.15) is 0 Å².